The minimum Gasteiger partial charge on any atom is -0.461 e. The van der Waals surface area contributed by atoms with Gasteiger partial charge in [-0.15, -0.1) is 0 Å². The Balaban J connectivity index is 2.38. The van der Waals surface area contributed by atoms with Gasteiger partial charge in [-0.3, -0.25) is 4.79 Å². The molecule has 2 heteroatoms. The van der Waals surface area contributed by atoms with Crippen LogP contribution < -0.4 is 0 Å². The van der Waals surface area contributed by atoms with Crippen molar-refractivity contribution >= 4 is 5.97 Å². The average molecular weight is 238 g/mol. The lowest BCUT2D eigenvalue weighted by molar-refractivity contribution is -0.146. The van der Waals surface area contributed by atoms with Gasteiger partial charge in [-0.25, -0.2) is 0 Å². The zero-order valence-electron chi connectivity index (χ0n) is 11.7. The molecule has 0 aromatic heterocycles. The largest absolute Gasteiger partial charge is 0.461 e. The molecule has 0 saturated carbocycles. The van der Waals surface area contributed by atoms with E-state index in [2.05, 4.69) is 26.8 Å². The zero-order chi connectivity index (χ0) is 12.8. The molecule has 1 unspecified atom stereocenters. The highest BCUT2D eigenvalue weighted by Gasteiger charge is 2.20. The molecule has 3 atom stereocenters. The topological polar surface area (TPSA) is 26.3 Å². The summed E-state index contributed by atoms with van der Waals surface area (Å²) in [5, 5.41) is 0. The van der Waals surface area contributed by atoms with Crippen LogP contribution in [0.25, 0.3) is 0 Å². The van der Waals surface area contributed by atoms with Crippen molar-refractivity contribution in [2.24, 2.45) is 17.8 Å². The molecule has 1 rings (SSSR count). The van der Waals surface area contributed by atoms with Gasteiger partial charge in [0.15, 0.2) is 0 Å². The maximum atomic E-state index is 11.2. The van der Waals surface area contributed by atoms with Gasteiger partial charge in [-0.2, -0.15) is 0 Å². The van der Waals surface area contributed by atoms with Gasteiger partial charge in [-0.05, 0) is 37.2 Å². The van der Waals surface area contributed by atoms with Crippen LogP contribution in [0.1, 0.15) is 53.4 Å². The van der Waals surface area contributed by atoms with Gasteiger partial charge >= 0.3 is 5.97 Å². The van der Waals surface area contributed by atoms with Gasteiger partial charge in [0.05, 0.1) is 5.92 Å². The van der Waals surface area contributed by atoms with Gasteiger partial charge in [-0.1, -0.05) is 39.7 Å². The summed E-state index contributed by atoms with van der Waals surface area (Å²) in [6, 6.07) is 0. The van der Waals surface area contributed by atoms with Crippen LogP contribution in [0.4, 0.5) is 0 Å². The van der Waals surface area contributed by atoms with E-state index in [0.717, 1.165) is 12.3 Å². The second kappa shape index (κ2) is 6.83. The van der Waals surface area contributed by atoms with Crippen molar-refractivity contribution in [2.75, 3.05) is 6.61 Å². The smallest absolute Gasteiger partial charge is 0.312 e. The number of rotatable bonds is 6. The molecule has 0 saturated heterocycles. The summed E-state index contributed by atoms with van der Waals surface area (Å²) in [7, 11) is 0. The predicted octanol–water partition coefficient (Wildman–Crippen LogP) is 3.96. The number of hydrogen-bond acceptors (Lipinski definition) is 2. The van der Waals surface area contributed by atoms with E-state index in [4.69, 9.17) is 4.74 Å². The first-order valence-electron chi connectivity index (χ1n) is 6.89. The zero-order valence-corrected chi connectivity index (χ0v) is 11.7. The Hall–Kier alpha value is -0.790. The Morgan fingerprint density at radius 1 is 1.41 bits per heavy atom. The van der Waals surface area contributed by atoms with E-state index in [9.17, 15) is 4.79 Å². The van der Waals surface area contributed by atoms with Gasteiger partial charge in [0, 0.05) is 0 Å². The van der Waals surface area contributed by atoms with Crippen LogP contribution in [0.3, 0.4) is 0 Å². The molecule has 1 heterocycles. The van der Waals surface area contributed by atoms with Gasteiger partial charge in [0.25, 0.3) is 0 Å². The molecular formula is C15H26O2. The number of cyclic esters (lactones) is 1. The number of ether oxygens (including phenoxy) is 1. The molecule has 0 radical (unpaired) electrons. The summed E-state index contributed by atoms with van der Waals surface area (Å²) in [4.78, 5) is 11.2. The van der Waals surface area contributed by atoms with Crippen molar-refractivity contribution in [3.63, 3.8) is 0 Å². The minimum absolute atomic E-state index is 0.0565. The van der Waals surface area contributed by atoms with Crippen molar-refractivity contribution in [3.05, 3.63) is 11.6 Å². The highest BCUT2D eigenvalue weighted by Crippen LogP contribution is 2.25. The third-order valence-electron chi connectivity index (χ3n) is 3.45. The standard InChI is InChI=1S/C15H26O2/c1-5-6-11(2)7-12(3)8-14-9-13(4)15(16)17-10-14/h9,11-13H,5-8,10H2,1-4H3/t11-,12-,13?/m0/s1. The molecule has 0 spiro atoms. The average Bonchev–Trinajstić information content (AvgIpc) is 2.23. The molecule has 0 aliphatic carbocycles. The van der Waals surface area contributed by atoms with E-state index in [1.165, 1.54) is 24.8 Å². The summed E-state index contributed by atoms with van der Waals surface area (Å²) < 4.78 is 5.15. The fraction of sp³-hybridized carbons (Fsp3) is 0.800. The van der Waals surface area contributed by atoms with Crippen LogP contribution in [-0.4, -0.2) is 12.6 Å². The fourth-order valence-corrected chi connectivity index (χ4v) is 2.72. The van der Waals surface area contributed by atoms with Crippen molar-refractivity contribution in [3.8, 4) is 0 Å². The monoisotopic (exact) mass is 238 g/mol. The molecule has 0 amide bonds. The third kappa shape index (κ3) is 4.93. The normalized spacial score (nSPS) is 23.9. The van der Waals surface area contributed by atoms with Crippen molar-refractivity contribution in [1.82, 2.24) is 0 Å². The molecule has 0 N–H and O–H groups in total. The second-order valence-electron chi connectivity index (χ2n) is 5.66. The van der Waals surface area contributed by atoms with Gasteiger partial charge in [0.1, 0.15) is 6.61 Å². The molecule has 0 fully saturated rings. The predicted molar refractivity (Wildman–Crippen MR) is 70.7 cm³/mol. The second-order valence-corrected chi connectivity index (χ2v) is 5.66. The maximum Gasteiger partial charge on any atom is 0.312 e. The van der Waals surface area contributed by atoms with Crippen molar-refractivity contribution < 1.29 is 9.53 Å². The van der Waals surface area contributed by atoms with Crippen molar-refractivity contribution in [1.29, 1.82) is 0 Å². The Morgan fingerprint density at radius 3 is 2.71 bits per heavy atom. The van der Waals surface area contributed by atoms with Crippen molar-refractivity contribution in [2.45, 2.75) is 53.4 Å². The van der Waals surface area contributed by atoms with E-state index < -0.39 is 0 Å². The number of esters is 1. The first-order valence-corrected chi connectivity index (χ1v) is 6.89. The molecular weight excluding hydrogens is 212 g/mol. The lowest BCUT2D eigenvalue weighted by atomic mass is 9.88. The number of carbonyl (C=O) groups is 1. The number of carbonyl (C=O) groups excluding carboxylic acids is 1. The van der Waals surface area contributed by atoms with Crippen LogP contribution in [0.15, 0.2) is 11.6 Å². The molecule has 0 aromatic rings. The van der Waals surface area contributed by atoms with Gasteiger partial charge < -0.3 is 4.74 Å². The number of hydrogen-bond donors (Lipinski definition) is 0. The molecule has 1 aliphatic heterocycles. The molecule has 2 nitrogen and oxygen atoms in total. The lowest BCUT2D eigenvalue weighted by Crippen LogP contribution is -2.21. The van der Waals surface area contributed by atoms with E-state index in [-0.39, 0.29) is 11.9 Å². The van der Waals surface area contributed by atoms with Crippen LogP contribution in [0.2, 0.25) is 0 Å². The van der Waals surface area contributed by atoms with Gasteiger partial charge in [0.2, 0.25) is 0 Å². The van der Waals surface area contributed by atoms with Crippen LogP contribution >= 0.6 is 0 Å². The molecule has 0 aromatic carbocycles. The molecule has 98 valence electrons. The van der Waals surface area contributed by atoms with E-state index in [0.29, 0.717) is 12.5 Å². The molecule has 17 heavy (non-hydrogen) atoms. The molecule has 1 aliphatic rings. The fourth-order valence-electron chi connectivity index (χ4n) is 2.72. The summed E-state index contributed by atoms with van der Waals surface area (Å²) in [5.74, 6) is 1.35. The minimum atomic E-state index is -0.0826. The lowest BCUT2D eigenvalue weighted by Gasteiger charge is -2.22. The van der Waals surface area contributed by atoms with E-state index in [1.807, 2.05) is 6.92 Å². The summed E-state index contributed by atoms with van der Waals surface area (Å²) in [5.41, 5.74) is 1.30. The van der Waals surface area contributed by atoms with E-state index >= 15 is 0 Å². The maximum absolute atomic E-state index is 11.2. The molecule has 0 bridgehead atoms. The first kappa shape index (κ1) is 14.3. The van der Waals surface area contributed by atoms with Crippen LogP contribution in [-0.2, 0) is 9.53 Å². The summed E-state index contributed by atoms with van der Waals surface area (Å²) >= 11 is 0. The quantitative estimate of drug-likeness (QED) is 0.517. The Bertz CT molecular complexity index is 281. The highest BCUT2D eigenvalue weighted by molar-refractivity contribution is 5.75. The summed E-state index contributed by atoms with van der Waals surface area (Å²) in [6.45, 7) is 9.29. The Kier molecular flexibility index (Phi) is 5.73. The SMILES string of the molecule is CCC[C@H](C)C[C@H](C)CC1=CC(C)C(=O)OC1. The van der Waals surface area contributed by atoms with E-state index in [1.54, 1.807) is 0 Å². The van der Waals surface area contributed by atoms with Crippen LogP contribution in [0.5, 0.6) is 0 Å². The highest BCUT2D eigenvalue weighted by atomic mass is 16.5. The Morgan fingerprint density at radius 2 is 2.12 bits per heavy atom. The Labute approximate surface area is 105 Å². The third-order valence-corrected chi connectivity index (χ3v) is 3.45. The van der Waals surface area contributed by atoms with Crippen LogP contribution in [0, 0.1) is 17.8 Å². The first-order chi connectivity index (χ1) is 8.02. The summed E-state index contributed by atoms with van der Waals surface area (Å²) in [6.07, 6.45) is 7.02.